The molecule has 22 heavy (non-hydrogen) atoms. The van der Waals surface area contributed by atoms with Crippen LogP contribution in [0.25, 0.3) is 0 Å². The summed E-state index contributed by atoms with van der Waals surface area (Å²) in [5.41, 5.74) is 4.09. The largest absolute Gasteiger partial charge is 0.462 e. The quantitative estimate of drug-likeness (QED) is 0.489. The van der Waals surface area contributed by atoms with Gasteiger partial charge in [0.1, 0.15) is 4.88 Å². The van der Waals surface area contributed by atoms with Crippen molar-refractivity contribution in [2.24, 2.45) is 5.10 Å². The molecule has 5 nitrogen and oxygen atoms in total. The van der Waals surface area contributed by atoms with Crippen molar-refractivity contribution in [3.8, 4) is 0 Å². The van der Waals surface area contributed by atoms with Gasteiger partial charge in [0, 0.05) is 10.6 Å². The van der Waals surface area contributed by atoms with Gasteiger partial charge < -0.3 is 4.74 Å². The number of anilines is 1. The Morgan fingerprint density at radius 3 is 2.95 bits per heavy atom. The molecule has 2 rings (SSSR count). The number of rotatable bonds is 5. The Hall–Kier alpha value is -1.63. The number of hydrogen-bond donors (Lipinski definition) is 1. The normalized spacial score (nSPS) is 10.9. The Kier molecular flexibility index (Phi) is 5.76. The van der Waals surface area contributed by atoms with Crippen molar-refractivity contribution in [2.45, 2.75) is 13.8 Å². The molecule has 0 spiro atoms. The van der Waals surface area contributed by atoms with Gasteiger partial charge in [0.2, 0.25) is 5.13 Å². The van der Waals surface area contributed by atoms with Crippen LogP contribution in [0.2, 0.25) is 10.0 Å². The van der Waals surface area contributed by atoms with Crippen LogP contribution in [-0.4, -0.2) is 23.8 Å². The highest BCUT2D eigenvalue weighted by molar-refractivity contribution is 7.17. The molecular formula is C14H13Cl2N3O2S. The summed E-state index contributed by atoms with van der Waals surface area (Å²) in [4.78, 5) is 16.4. The Bertz CT molecular complexity index is 716. The van der Waals surface area contributed by atoms with Crippen LogP contribution in [0, 0.1) is 6.92 Å². The van der Waals surface area contributed by atoms with Crippen LogP contribution < -0.4 is 5.43 Å². The summed E-state index contributed by atoms with van der Waals surface area (Å²) in [7, 11) is 0. The van der Waals surface area contributed by atoms with Crippen molar-refractivity contribution in [1.29, 1.82) is 0 Å². The first kappa shape index (κ1) is 16.7. The number of aryl methyl sites for hydroxylation is 1. The summed E-state index contributed by atoms with van der Waals surface area (Å²) >= 11 is 13.0. The van der Waals surface area contributed by atoms with Gasteiger partial charge in [0.25, 0.3) is 0 Å². The van der Waals surface area contributed by atoms with E-state index in [-0.39, 0.29) is 5.97 Å². The molecule has 8 heteroatoms. The zero-order chi connectivity index (χ0) is 16.1. The molecule has 2 aromatic rings. The number of esters is 1. The van der Waals surface area contributed by atoms with Gasteiger partial charge >= 0.3 is 5.97 Å². The molecule has 0 bridgehead atoms. The Balaban J connectivity index is 2.07. The molecular weight excluding hydrogens is 345 g/mol. The molecule has 0 aliphatic heterocycles. The minimum absolute atomic E-state index is 0.326. The van der Waals surface area contributed by atoms with Crippen molar-refractivity contribution in [1.82, 2.24) is 4.98 Å². The van der Waals surface area contributed by atoms with E-state index in [1.165, 1.54) is 11.3 Å². The van der Waals surface area contributed by atoms with Crippen LogP contribution in [0.1, 0.15) is 27.9 Å². The van der Waals surface area contributed by atoms with Gasteiger partial charge in [-0.25, -0.2) is 9.78 Å². The predicted molar refractivity (Wildman–Crippen MR) is 90.5 cm³/mol. The molecule has 0 aliphatic rings. The molecule has 0 atom stereocenters. The molecule has 1 aromatic carbocycles. The van der Waals surface area contributed by atoms with E-state index in [2.05, 4.69) is 15.5 Å². The van der Waals surface area contributed by atoms with Crippen molar-refractivity contribution >= 4 is 51.9 Å². The lowest BCUT2D eigenvalue weighted by Crippen LogP contribution is -2.03. The summed E-state index contributed by atoms with van der Waals surface area (Å²) in [6, 6.07) is 5.12. The summed E-state index contributed by atoms with van der Waals surface area (Å²) < 4.78 is 4.96. The molecule has 1 heterocycles. The van der Waals surface area contributed by atoms with E-state index in [9.17, 15) is 4.79 Å². The lowest BCUT2D eigenvalue weighted by atomic mass is 10.2. The van der Waals surface area contributed by atoms with Crippen LogP contribution in [0.3, 0.4) is 0 Å². The fourth-order valence-corrected chi connectivity index (χ4v) is 2.86. The zero-order valence-corrected chi connectivity index (χ0v) is 14.2. The summed E-state index contributed by atoms with van der Waals surface area (Å²) in [5, 5.41) is 5.62. The Morgan fingerprint density at radius 2 is 2.27 bits per heavy atom. The summed E-state index contributed by atoms with van der Waals surface area (Å²) in [6.45, 7) is 3.83. The summed E-state index contributed by atoms with van der Waals surface area (Å²) in [5.74, 6) is -0.379. The minimum Gasteiger partial charge on any atom is -0.462 e. The highest BCUT2D eigenvalue weighted by Gasteiger charge is 2.15. The van der Waals surface area contributed by atoms with Gasteiger partial charge in [-0.3, -0.25) is 5.43 Å². The standard InChI is InChI=1S/C14H13Cl2N3O2S/c1-3-21-13(20)12-8(2)18-14(22-12)19-17-7-9-4-5-10(15)6-11(9)16/h4-7H,3H2,1-2H3,(H,18,19)/b17-7+. The van der Waals surface area contributed by atoms with Crippen LogP contribution in [0.15, 0.2) is 23.3 Å². The maximum Gasteiger partial charge on any atom is 0.350 e. The molecule has 0 fully saturated rings. The van der Waals surface area contributed by atoms with Gasteiger partial charge in [-0.15, -0.1) is 0 Å². The highest BCUT2D eigenvalue weighted by Crippen LogP contribution is 2.23. The number of carbonyl (C=O) groups is 1. The highest BCUT2D eigenvalue weighted by atomic mass is 35.5. The average molecular weight is 358 g/mol. The number of ether oxygens (including phenoxy) is 1. The van der Waals surface area contributed by atoms with E-state index in [1.807, 2.05) is 0 Å². The van der Waals surface area contributed by atoms with Crippen LogP contribution in [0.4, 0.5) is 5.13 Å². The van der Waals surface area contributed by atoms with Crippen LogP contribution in [0.5, 0.6) is 0 Å². The van der Waals surface area contributed by atoms with Crippen molar-refractivity contribution in [2.75, 3.05) is 12.0 Å². The first-order chi connectivity index (χ1) is 10.5. The van der Waals surface area contributed by atoms with E-state index in [1.54, 1.807) is 38.3 Å². The molecule has 1 N–H and O–H groups in total. The van der Waals surface area contributed by atoms with Gasteiger partial charge in [0.05, 0.1) is 23.5 Å². The lowest BCUT2D eigenvalue weighted by Gasteiger charge is -1.98. The van der Waals surface area contributed by atoms with E-state index in [0.717, 1.165) is 5.56 Å². The van der Waals surface area contributed by atoms with Gasteiger partial charge in [-0.1, -0.05) is 40.6 Å². The third-order valence-corrected chi connectivity index (χ3v) is 4.19. The fraction of sp³-hybridized carbons (Fsp3) is 0.214. The molecule has 0 radical (unpaired) electrons. The monoisotopic (exact) mass is 357 g/mol. The number of carbonyl (C=O) groups excluding carboxylic acids is 1. The second kappa shape index (κ2) is 7.58. The van der Waals surface area contributed by atoms with Gasteiger partial charge in [0.15, 0.2) is 0 Å². The number of aromatic nitrogens is 1. The minimum atomic E-state index is -0.379. The number of halogens is 2. The number of hydrazone groups is 1. The molecule has 0 saturated carbocycles. The third kappa shape index (κ3) is 4.19. The molecule has 116 valence electrons. The number of nitrogens with zero attached hydrogens (tertiary/aromatic N) is 2. The van der Waals surface area contributed by atoms with E-state index in [0.29, 0.717) is 32.4 Å². The predicted octanol–water partition coefficient (Wildman–Crippen LogP) is 4.38. The lowest BCUT2D eigenvalue weighted by molar-refractivity contribution is 0.0531. The first-order valence-corrected chi connectivity index (χ1v) is 7.97. The third-order valence-electron chi connectivity index (χ3n) is 2.58. The van der Waals surface area contributed by atoms with Gasteiger partial charge in [-0.05, 0) is 26.0 Å². The Labute approximate surface area is 141 Å². The topological polar surface area (TPSA) is 63.6 Å². The number of thiazole rings is 1. The number of nitrogens with one attached hydrogen (secondary N) is 1. The van der Waals surface area contributed by atoms with Crippen molar-refractivity contribution in [3.63, 3.8) is 0 Å². The first-order valence-electron chi connectivity index (χ1n) is 6.40. The van der Waals surface area contributed by atoms with Crippen molar-refractivity contribution in [3.05, 3.63) is 44.4 Å². The molecule has 1 aromatic heterocycles. The molecule has 0 unspecified atom stereocenters. The fourth-order valence-electron chi connectivity index (χ4n) is 1.59. The van der Waals surface area contributed by atoms with Crippen LogP contribution in [-0.2, 0) is 4.74 Å². The second-order valence-electron chi connectivity index (χ2n) is 4.19. The Morgan fingerprint density at radius 1 is 1.50 bits per heavy atom. The van der Waals surface area contributed by atoms with E-state index < -0.39 is 0 Å². The zero-order valence-electron chi connectivity index (χ0n) is 11.9. The average Bonchev–Trinajstić information content (AvgIpc) is 2.83. The molecule has 0 amide bonds. The van der Waals surface area contributed by atoms with Crippen LogP contribution >= 0.6 is 34.5 Å². The maximum atomic E-state index is 11.7. The number of benzene rings is 1. The summed E-state index contributed by atoms with van der Waals surface area (Å²) in [6.07, 6.45) is 1.55. The van der Waals surface area contributed by atoms with Gasteiger partial charge in [-0.2, -0.15) is 5.10 Å². The SMILES string of the molecule is CCOC(=O)c1sc(N/N=C/c2ccc(Cl)cc2Cl)nc1C. The second-order valence-corrected chi connectivity index (χ2v) is 6.03. The van der Waals surface area contributed by atoms with E-state index in [4.69, 9.17) is 27.9 Å². The van der Waals surface area contributed by atoms with Crippen molar-refractivity contribution < 1.29 is 9.53 Å². The molecule has 0 saturated heterocycles. The smallest absolute Gasteiger partial charge is 0.350 e. The number of hydrogen-bond acceptors (Lipinski definition) is 6. The maximum absolute atomic E-state index is 11.7. The molecule has 0 aliphatic carbocycles. The van der Waals surface area contributed by atoms with E-state index >= 15 is 0 Å².